The van der Waals surface area contributed by atoms with Crippen molar-refractivity contribution < 1.29 is 28.6 Å². The summed E-state index contributed by atoms with van der Waals surface area (Å²) in [7, 11) is 0. The molecule has 6 nitrogen and oxygen atoms in total. The van der Waals surface area contributed by atoms with Crippen molar-refractivity contribution in [2.24, 2.45) is 11.8 Å². The molecule has 0 aromatic carbocycles. The second kappa shape index (κ2) is 44.9. The molecule has 0 aromatic heterocycles. The number of carbonyl (C=O) groups is 3. The topological polar surface area (TPSA) is 78.9 Å². The fraction of sp³-hybridized carbons (Fsp3) is 0.942. The Labute approximate surface area is 361 Å². The van der Waals surface area contributed by atoms with Crippen molar-refractivity contribution in [3.63, 3.8) is 0 Å². The highest BCUT2D eigenvalue weighted by Crippen LogP contribution is 2.17. The van der Waals surface area contributed by atoms with E-state index in [1.165, 1.54) is 173 Å². The van der Waals surface area contributed by atoms with Crippen LogP contribution in [0.4, 0.5) is 0 Å². The third-order valence-corrected chi connectivity index (χ3v) is 11.7. The maximum atomic E-state index is 12.7. The Morgan fingerprint density at radius 1 is 0.328 bits per heavy atom. The van der Waals surface area contributed by atoms with Gasteiger partial charge in [-0.2, -0.15) is 0 Å². The Kier molecular flexibility index (Phi) is 43.7. The second-order valence-electron chi connectivity index (χ2n) is 18.8. The molecule has 0 unspecified atom stereocenters. The second-order valence-corrected chi connectivity index (χ2v) is 18.8. The molecule has 0 aromatic rings. The molecule has 0 heterocycles. The number of ether oxygens (including phenoxy) is 3. The molecule has 344 valence electrons. The summed E-state index contributed by atoms with van der Waals surface area (Å²) in [5.41, 5.74) is 0. The predicted octanol–water partition coefficient (Wildman–Crippen LogP) is 16.5. The van der Waals surface area contributed by atoms with Gasteiger partial charge in [-0.25, -0.2) is 0 Å². The molecule has 6 heteroatoms. The summed E-state index contributed by atoms with van der Waals surface area (Å²) in [6.45, 7) is 11.3. The van der Waals surface area contributed by atoms with Crippen molar-refractivity contribution in [2.75, 3.05) is 13.2 Å². The third-order valence-electron chi connectivity index (χ3n) is 11.7. The van der Waals surface area contributed by atoms with Crippen molar-refractivity contribution in [3.05, 3.63) is 0 Å². The number of rotatable bonds is 46. The highest BCUT2D eigenvalue weighted by Gasteiger charge is 2.19. The van der Waals surface area contributed by atoms with Crippen molar-refractivity contribution in [1.82, 2.24) is 0 Å². The van der Waals surface area contributed by atoms with E-state index in [-0.39, 0.29) is 31.1 Å². The summed E-state index contributed by atoms with van der Waals surface area (Å²) in [6, 6.07) is 0. The highest BCUT2D eigenvalue weighted by atomic mass is 16.6. The molecule has 0 radical (unpaired) electrons. The van der Waals surface area contributed by atoms with Crippen molar-refractivity contribution in [1.29, 1.82) is 0 Å². The lowest BCUT2D eigenvalue weighted by atomic mass is 10.0. The lowest BCUT2D eigenvalue weighted by molar-refractivity contribution is -0.167. The Balaban J connectivity index is 4.12. The molecule has 0 saturated carbocycles. The number of esters is 3. The molecule has 0 N–H and O–H groups in total. The molecule has 0 amide bonds. The summed E-state index contributed by atoms with van der Waals surface area (Å²) in [5.74, 6) is 0.808. The van der Waals surface area contributed by atoms with E-state index in [4.69, 9.17) is 14.2 Å². The van der Waals surface area contributed by atoms with Gasteiger partial charge in [0.2, 0.25) is 0 Å². The van der Waals surface area contributed by atoms with E-state index in [9.17, 15) is 14.4 Å². The first-order valence-electron chi connectivity index (χ1n) is 25.7. The summed E-state index contributed by atoms with van der Waals surface area (Å²) in [4.78, 5) is 37.7. The van der Waals surface area contributed by atoms with Crippen LogP contribution in [-0.4, -0.2) is 37.2 Å². The van der Waals surface area contributed by atoms with Gasteiger partial charge in [-0.05, 0) is 31.1 Å². The first-order valence-corrected chi connectivity index (χ1v) is 25.7. The van der Waals surface area contributed by atoms with Crippen LogP contribution in [0, 0.1) is 11.8 Å². The molecule has 0 bridgehead atoms. The zero-order valence-corrected chi connectivity index (χ0v) is 39.7. The van der Waals surface area contributed by atoms with Gasteiger partial charge in [0.1, 0.15) is 13.2 Å². The summed E-state index contributed by atoms with van der Waals surface area (Å²) in [6.07, 6.45) is 45.4. The number of unbranched alkanes of at least 4 members (excludes halogenated alkanes) is 31. The molecule has 0 saturated heterocycles. The quantitative estimate of drug-likeness (QED) is 0.0346. The Morgan fingerprint density at radius 2 is 0.569 bits per heavy atom. The Morgan fingerprint density at radius 3 is 0.845 bits per heavy atom. The van der Waals surface area contributed by atoms with Crippen LogP contribution in [0.25, 0.3) is 0 Å². The minimum atomic E-state index is -0.760. The van der Waals surface area contributed by atoms with Crippen LogP contribution in [0.2, 0.25) is 0 Å². The SMILES string of the molecule is CCCCCCCCCC(=O)OC[C@H](COC(=O)CCCCCCCCCCCCCCCCCCCCC(C)C)OC(=O)CCCCCCCCCCCC(C)C. The lowest BCUT2D eigenvalue weighted by Gasteiger charge is -2.18. The Bertz CT molecular complexity index is 885. The van der Waals surface area contributed by atoms with E-state index >= 15 is 0 Å². The van der Waals surface area contributed by atoms with Crippen LogP contribution in [0.1, 0.15) is 285 Å². The zero-order chi connectivity index (χ0) is 42.6. The summed E-state index contributed by atoms with van der Waals surface area (Å²) < 4.78 is 16.7. The van der Waals surface area contributed by atoms with Crippen molar-refractivity contribution in [2.45, 2.75) is 291 Å². The van der Waals surface area contributed by atoms with Gasteiger partial charge in [0.05, 0.1) is 0 Å². The number of carbonyl (C=O) groups excluding carboxylic acids is 3. The Hall–Kier alpha value is -1.59. The van der Waals surface area contributed by atoms with E-state index in [0.717, 1.165) is 69.6 Å². The van der Waals surface area contributed by atoms with Crippen LogP contribution in [0.5, 0.6) is 0 Å². The van der Waals surface area contributed by atoms with Gasteiger partial charge in [0, 0.05) is 19.3 Å². The highest BCUT2D eigenvalue weighted by molar-refractivity contribution is 5.71. The molecule has 0 fully saturated rings. The molecule has 0 rings (SSSR count). The van der Waals surface area contributed by atoms with Gasteiger partial charge in [0.25, 0.3) is 0 Å². The maximum absolute atomic E-state index is 12.7. The van der Waals surface area contributed by atoms with Gasteiger partial charge in [-0.1, -0.05) is 247 Å². The predicted molar refractivity (Wildman–Crippen MR) is 247 cm³/mol. The maximum Gasteiger partial charge on any atom is 0.306 e. The van der Waals surface area contributed by atoms with Gasteiger partial charge in [-0.3, -0.25) is 14.4 Å². The molecule has 1 atom stereocenters. The summed E-state index contributed by atoms with van der Waals surface area (Å²) in [5, 5.41) is 0. The average Bonchev–Trinajstić information content (AvgIpc) is 3.19. The molecule has 0 aliphatic rings. The van der Waals surface area contributed by atoms with Crippen molar-refractivity contribution >= 4 is 17.9 Å². The smallest absolute Gasteiger partial charge is 0.306 e. The first kappa shape index (κ1) is 56.4. The van der Waals surface area contributed by atoms with E-state index in [0.29, 0.717) is 19.3 Å². The van der Waals surface area contributed by atoms with Gasteiger partial charge < -0.3 is 14.2 Å². The summed E-state index contributed by atoms with van der Waals surface area (Å²) >= 11 is 0. The molecular weight excluding hydrogens is 721 g/mol. The lowest BCUT2D eigenvalue weighted by Crippen LogP contribution is -2.30. The molecular formula is C52H100O6. The standard InChI is InChI=1S/C52H100O6/c1-6-7-8-9-25-32-37-42-50(53)56-45-49(58-52(55)44-39-34-29-24-20-22-27-31-36-41-48(4)5)46-57-51(54)43-38-33-28-23-19-17-15-13-11-10-12-14-16-18-21-26-30-35-40-47(2)3/h47-49H,6-46H2,1-5H3/t49-/m1/s1. The first-order chi connectivity index (χ1) is 28.2. The monoisotopic (exact) mass is 821 g/mol. The number of hydrogen-bond acceptors (Lipinski definition) is 6. The van der Waals surface area contributed by atoms with E-state index in [1.807, 2.05) is 0 Å². The van der Waals surface area contributed by atoms with Crippen molar-refractivity contribution in [3.8, 4) is 0 Å². The van der Waals surface area contributed by atoms with Crippen LogP contribution >= 0.6 is 0 Å². The zero-order valence-electron chi connectivity index (χ0n) is 39.7. The van der Waals surface area contributed by atoms with Crippen LogP contribution in [0.15, 0.2) is 0 Å². The van der Waals surface area contributed by atoms with Gasteiger partial charge in [-0.15, -0.1) is 0 Å². The van der Waals surface area contributed by atoms with E-state index in [2.05, 4.69) is 34.6 Å². The van der Waals surface area contributed by atoms with Gasteiger partial charge >= 0.3 is 17.9 Å². The minimum Gasteiger partial charge on any atom is -0.462 e. The van der Waals surface area contributed by atoms with E-state index < -0.39 is 6.10 Å². The van der Waals surface area contributed by atoms with Crippen LogP contribution in [0.3, 0.4) is 0 Å². The third kappa shape index (κ3) is 45.5. The fourth-order valence-corrected chi connectivity index (χ4v) is 7.81. The average molecular weight is 821 g/mol. The molecule has 0 spiro atoms. The number of hydrogen-bond donors (Lipinski definition) is 0. The van der Waals surface area contributed by atoms with Gasteiger partial charge in [0.15, 0.2) is 6.10 Å². The van der Waals surface area contributed by atoms with Crippen LogP contribution < -0.4 is 0 Å². The molecule has 0 aliphatic carbocycles. The largest absolute Gasteiger partial charge is 0.462 e. The normalized spacial score (nSPS) is 12.1. The van der Waals surface area contributed by atoms with E-state index in [1.54, 1.807) is 0 Å². The van der Waals surface area contributed by atoms with Crippen LogP contribution in [-0.2, 0) is 28.6 Å². The fourth-order valence-electron chi connectivity index (χ4n) is 7.81. The minimum absolute atomic E-state index is 0.0644. The molecule has 0 aliphatic heterocycles. The molecule has 58 heavy (non-hydrogen) atoms.